The molecule has 4 rings (SSSR count). The molecule has 1 aliphatic rings. The minimum absolute atomic E-state index is 0.256. The van der Waals surface area contributed by atoms with Crippen LogP contribution in [0.1, 0.15) is 62.1 Å². The van der Waals surface area contributed by atoms with Crippen LogP contribution < -0.4 is 10.1 Å². The van der Waals surface area contributed by atoms with Crippen molar-refractivity contribution in [2.75, 3.05) is 13.2 Å². The van der Waals surface area contributed by atoms with Gasteiger partial charge in [0.1, 0.15) is 24.2 Å². The molecule has 3 aromatic rings. The van der Waals surface area contributed by atoms with Gasteiger partial charge in [-0.15, -0.1) is 0 Å². The Kier molecular flexibility index (Phi) is 8.99. The van der Waals surface area contributed by atoms with Gasteiger partial charge in [-0.25, -0.2) is 0 Å². The van der Waals surface area contributed by atoms with Crippen LogP contribution >= 0.6 is 0 Å². The first kappa shape index (κ1) is 25.0. The molecule has 0 amide bonds. The number of hydrogen-bond donors (Lipinski definition) is 3. The van der Waals surface area contributed by atoms with E-state index in [1.54, 1.807) is 12.1 Å². The Balaban J connectivity index is 1.49. The van der Waals surface area contributed by atoms with Crippen LogP contribution in [0.5, 0.6) is 11.5 Å². The number of benzene rings is 3. The molecule has 0 aliphatic heterocycles. The molecule has 1 unspecified atom stereocenters. The molecule has 4 heteroatoms. The summed E-state index contributed by atoms with van der Waals surface area (Å²) < 4.78 is 5.90. The van der Waals surface area contributed by atoms with E-state index in [-0.39, 0.29) is 12.4 Å². The SMILES string of the molecule is CCC(=C(c1ccc(O)cc1)c1ccc(OCC(O)CNC2CCCCC2)cc1)c1ccccc1. The van der Waals surface area contributed by atoms with E-state index in [2.05, 4.69) is 48.6 Å². The summed E-state index contributed by atoms with van der Waals surface area (Å²) >= 11 is 0. The van der Waals surface area contributed by atoms with Crippen LogP contribution in [0.2, 0.25) is 0 Å². The van der Waals surface area contributed by atoms with E-state index >= 15 is 0 Å². The number of phenols is 1. The number of phenolic OH excluding ortho intramolecular Hbond substituents is 1. The fourth-order valence-electron chi connectivity index (χ4n) is 4.89. The van der Waals surface area contributed by atoms with E-state index in [4.69, 9.17) is 4.74 Å². The summed E-state index contributed by atoms with van der Waals surface area (Å²) in [6.45, 7) is 3.00. The number of hydrogen-bond acceptors (Lipinski definition) is 4. The Morgan fingerprint density at radius 3 is 2.11 bits per heavy atom. The summed E-state index contributed by atoms with van der Waals surface area (Å²) in [4.78, 5) is 0. The van der Waals surface area contributed by atoms with Gasteiger partial charge in [-0.05, 0) is 71.4 Å². The van der Waals surface area contributed by atoms with E-state index in [0.717, 1.165) is 28.9 Å². The van der Waals surface area contributed by atoms with Crippen molar-refractivity contribution in [3.8, 4) is 11.5 Å². The minimum atomic E-state index is -0.533. The van der Waals surface area contributed by atoms with Gasteiger partial charge < -0.3 is 20.3 Å². The average Bonchev–Trinajstić information content (AvgIpc) is 2.91. The summed E-state index contributed by atoms with van der Waals surface area (Å²) in [5.41, 5.74) is 5.72. The van der Waals surface area contributed by atoms with Crippen LogP contribution in [0.15, 0.2) is 78.9 Å². The van der Waals surface area contributed by atoms with E-state index in [1.165, 1.54) is 43.2 Å². The normalized spacial score (nSPS) is 15.9. The molecule has 0 spiro atoms. The van der Waals surface area contributed by atoms with Gasteiger partial charge in [0.2, 0.25) is 0 Å². The molecular weight excluding hydrogens is 434 g/mol. The zero-order valence-electron chi connectivity index (χ0n) is 20.6. The smallest absolute Gasteiger partial charge is 0.119 e. The lowest BCUT2D eigenvalue weighted by molar-refractivity contribution is 0.102. The predicted molar refractivity (Wildman–Crippen MR) is 144 cm³/mol. The third kappa shape index (κ3) is 6.97. The quantitative estimate of drug-likeness (QED) is 0.299. The maximum absolute atomic E-state index is 10.4. The lowest BCUT2D eigenvalue weighted by atomic mass is 9.88. The maximum Gasteiger partial charge on any atom is 0.119 e. The van der Waals surface area contributed by atoms with Crippen LogP contribution in [0.3, 0.4) is 0 Å². The Bertz CT molecular complexity index is 1070. The van der Waals surface area contributed by atoms with Crippen molar-refractivity contribution >= 4 is 11.1 Å². The zero-order valence-corrected chi connectivity index (χ0v) is 20.6. The molecule has 35 heavy (non-hydrogen) atoms. The monoisotopic (exact) mass is 471 g/mol. The second kappa shape index (κ2) is 12.6. The van der Waals surface area contributed by atoms with Gasteiger partial charge in [-0.3, -0.25) is 0 Å². The third-order valence-corrected chi connectivity index (χ3v) is 6.77. The van der Waals surface area contributed by atoms with Crippen LogP contribution in [-0.2, 0) is 0 Å². The summed E-state index contributed by atoms with van der Waals surface area (Å²) in [5, 5.41) is 23.7. The lowest BCUT2D eigenvalue weighted by Gasteiger charge is -2.24. The number of nitrogens with one attached hydrogen (secondary N) is 1. The summed E-state index contributed by atoms with van der Waals surface area (Å²) in [5.74, 6) is 0.999. The van der Waals surface area contributed by atoms with Crippen LogP contribution in [0.25, 0.3) is 11.1 Å². The number of aromatic hydroxyl groups is 1. The highest BCUT2D eigenvalue weighted by molar-refractivity contribution is 5.98. The molecule has 0 saturated heterocycles. The average molecular weight is 472 g/mol. The van der Waals surface area contributed by atoms with Gasteiger partial charge in [-0.1, -0.05) is 80.8 Å². The van der Waals surface area contributed by atoms with Gasteiger partial charge in [0, 0.05) is 12.6 Å². The predicted octanol–water partition coefficient (Wildman–Crippen LogP) is 6.42. The number of aliphatic hydroxyl groups excluding tert-OH is 1. The standard InChI is InChI=1S/C31H37NO3/c1-2-30(23-9-5-3-6-10-23)31(24-13-17-27(33)18-14-24)25-15-19-29(20-16-25)35-22-28(34)21-32-26-11-7-4-8-12-26/h3,5-6,9-10,13-20,26,28,32-34H,2,4,7-8,11-12,21-22H2,1H3. The molecule has 3 N–H and O–H groups in total. The second-order valence-electron chi connectivity index (χ2n) is 9.35. The maximum atomic E-state index is 10.4. The number of ether oxygens (including phenoxy) is 1. The van der Waals surface area contributed by atoms with Crippen molar-refractivity contribution in [2.45, 2.75) is 57.6 Å². The summed E-state index contributed by atoms with van der Waals surface area (Å²) in [7, 11) is 0. The molecule has 3 aromatic carbocycles. The van der Waals surface area contributed by atoms with Gasteiger partial charge >= 0.3 is 0 Å². The highest BCUT2D eigenvalue weighted by atomic mass is 16.5. The number of rotatable bonds is 10. The van der Waals surface area contributed by atoms with Crippen LogP contribution in [0, 0.1) is 0 Å². The van der Waals surface area contributed by atoms with Gasteiger partial charge in [0.15, 0.2) is 0 Å². The van der Waals surface area contributed by atoms with Crippen LogP contribution in [0.4, 0.5) is 0 Å². The fourth-order valence-corrected chi connectivity index (χ4v) is 4.89. The van der Waals surface area contributed by atoms with Crippen molar-refractivity contribution in [1.29, 1.82) is 0 Å². The Morgan fingerprint density at radius 2 is 1.49 bits per heavy atom. The molecule has 1 aliphatic carbocycles. The third-order valence-electron chi connectivity index (χ3n) is 6.77. The second-order valence-corrected chi connectivity index (χ2v) is 9.35. The number of allylic oxidation sites excluding steroid dienone is 1. The minimum Gasteiger partial charge on any atom is -0.508 e. The first-order chi connectivity index (χ1) is 17.1. The topological polar surface area (TPSA) is 61.7 Å². The van der Waals surface area contributed by atoms with Crippen molar-refractivity contribution in [2.24, 2.45) is 0 Å². The summed E-state index contributed by atoms with van der Waals surface area (Å²) in [6, 6.07) is 26.4. The van der Waals surface area contributed by atoms with Crippen molar-refractivity contribution in [3.05, 3.63) is 95.6 Å². The molecule has 0 radical (unpaired) electrons. The molecule has 1 atom stereocenters. The van der Waals surface area contributed by atoms with Crippen molar-refractivity contribution < 1.29 is 14.9 Å². The van der Waals surface area contributed by atoms with E-state index in [1.807, 2.05) is 30.3 Å². The van der Waals surface area contributed by atoms with E-state index in [0.29, 0.717) is 12.6 Å². The first-order valence-electron chi connectivity index (χ1n) is 12.9. The zero-order chi connectivity index (χ0) is 24.5. The highest BCUT2D eigenvalue weighted by Gasteiger charge is 2.16. The fraction of sp³-hybridized carbons (Fsp3) is 0.355. The largest absolute Gasteiger partial charge is 0.508 e. The van der Waals surface area contributed by atoms with Crippen molar-refractivity contribution in [1.82, 2.24) is 5.32 Å². The molecule has 4 nitrogen and oxygen atoms in total. The lowest BCUT2D eigenvalue weighted by Crippen LogP contribution is -2.38. The van der Waals surface area contributed by atoms with Crippen molar-refractivity contribution in [3.63, 3.8) is 0 Å². The molecule has 0 heterocycles. The first-order valence-corrected chi connectivity index (χ1v) is 12.9. The highest BCUT2D eigenvalue weighted by Crippen LogP contribution is 2.35. The summed E-state index contributed by atoms with van der Waals surface area (Å²) in [6.07, 6.45) is 6.63. The Labute approximate surface area is 209 Å². The van der Waals surface area contributed by atoms with Gasteiger partial charge in [0.25, 0.3) is 0 Å². The number of aliphatic hydroxyl groups is 1. The molecule has 1 saturated carbocycles. The van der Waals surface area contributed by atoms with Gasteiger partial charge in [0.05, 0.1) is 0 Å². The van der Waals surface area contributed by atoms with Crippen LogP contribution in [-0.4, -0.2) is 35.5 Å². The molecule has 1 fully saturated rings. The molecule has 184 valence electrons. The van der Waals surface area contributed by atoms with Gasteiger partial charge in [-0.2, -0.15) is 0 Å². The van der Waals surface area contributed by atoms with E-state index < -0.39 is 6.10 Å². The molecule has 0 bridgehead atoms. The van der Waals surface area contributed by atoms with E-state index in [9.17, 15) is 10.2 Å². The Morgan fingerprint density at radius 1 is 0.857 bits per heavy atom. The molecular formula is C31H37NO3. The molecule has 0 aromatic heterocycles. The Hall–Kier alpha value is -3.08.